The van der Waals surface area contributed by atoms with E-state index in [2.05, 4.69) is 10.1 Å². The van der Waals surface area contributed by atoms with Crippen LogP contribution in [0.5, 0.6) is 0 Å². The molecule has 0 bridgehead atoms. The summed E-state index contributed by atoms with van der Waals surface area (Å²) in [5.74, 6) is -6.31. The van der Waals surface area contributed by atoms with E-state index >= 15 is 0 Å². The van der Waals surface area contributed by atoms with Crippen LogP contribution >= 0.6 is 0 Å². The summed E-state index contributed by atoms with van der Waals surface area (Å²) in [6, 6.07) is 6.84. The van der Waals surface area contributed by atoms with Gasteiger partial charge in [-0.2, -0.15) is 13.2 Å². The summed E-state index contributed by atoms with van der Waals surface area (Å²) in [4.78, 5) is 23.7. The van der Waals surface area contributed by atoms with Crippen LogP contribution in [0.25, 0.3) is 0 Å². The van der Waals surface area contributed by atoms with Gasteiger partial charge in [0.25, 0.3) is 5.91 Å². The summed E-state index contributed by atoms with van der Waals surface area (Å²) in [6.45, 7) is -2.29. The van der Waals surface area contributed by atoms with Crippen molar-refractivity contribution in [3.05, 3.63) is 65.0 Å². The van der Waals surface area contributed by atoms with Gasteiger partial charge in [0.15, 0.2) is 17.5 Å². The monoisotopic (exact) mass is 420 g/mol. The standard InChI is InChI=1S/C18H14F6N2O3/c19-12-5-6-13(16(21)15(12)20)26-14(27)7-25-17(28)11-3-1-10(2-4-11)8-29-9-18(22,23)24/h1-6H,7-9H2,(H,25,28)(H,26,27). The molecule has 2 rings (SSSR count). The average Bonchev–Trinajstić information content (AvgIpc) is 2.66. The fourth-order valence-corrected chi connectivity index (χ4v) is 2.12. The van der Waals surface area contributed by atoms with Crippen LogP contribution in [0.2, 0.25) is 0 Å². The van der Waals surface area contributed by atoms with E-state index in [4.69, 9.17) is 0 Å². The van der Waals surface area contributed by atoms with Crippen LogP contribution in [0.4, 0.5) is 32.0 Å². The first-order valence-electron chi connectivity index (χ1n) is 8.02. The summed E-state index contributed by atoms with van der Waals surface area (Å²) < 4.78 is 80.0. The lowest BCUT2D eigenvalue weighted by atomic mass is 10.1. The molecule has 0 saturated carbocycles. The molecule has 29 heavy (non-hydrogen) atoms. The van der Waals surface area contributed by atoms with Gasteiger partial charge in [-0.3, -0.25) is 9.59 Å². The molecule has 0 unspecified atom stereocenters. The Morgan fingerprint density at radius 3 is 2.21 bits per heavy atom. The molecule has 2 amide bonds. The van der Waals surface area contributed by atoms with Crippen molar-refractivity contribution >= 4 is 17.5 Å². The largest absolute Gasteiger partial charge is 0.411 e. The van der Waals surface area contributed by atoms with Gasteiger partial charge in [-0.15, -0.1) is 0 Å². The molecule has 0 aromatic heterocycles. The molecule has 0 heterocycles. The van der Waals surface area contributed by atoms with Crippen molar-refractivity contribution in [2.75, 3.05) is 18.5 Å². The Morgan fingerprint density at radius 1 is 0.931 bits per heavy atom. The highest BCUT2D eigenvalue weighted by atomic mass is 19.4. The number of ether oxygens (including phenoxy) is 1. The zero-order chi connectivity index (χ0) is 21.6. The smallest absolute Gasteiger partial charge is 0.367 e. The molecule has 2 aromatic carbocycles. The van der Waals surface area contributed by atoms with Crippen LogP contribution in [-0.4, -0.2) is 31.1 Å². The van der Waals surface area contributed by atoms with Gasteiger partial charge in [0, 0.05) is 5.56 Å². The number of hydrogen-bond donors (Lipinski definition) is 2. The molecule has 2 N–H and O–H groups in total. The number of benzene rings is 2. The normalized spacial score (nSPS) is 11.2. The van der Waals surface area contributed by atoms with E-state index in [1.165, 1.54) is 24.3 Å². The van der Waals surface area contributed by atoms with Gasteiger partial charge in [-0.05, 0) is 29.8 Å². The number of halogens is 6. The molecule has 0 aliphatic heterocycles. The molecule has 0 radical (unpaired) electrons. The predicted octanol–water partition coefficient (Wildman–Crippen LogP) is 3.55. The molecule has 11 heteroatoms. The second-order valence-electron chi connectivity index (χ2n) is 5.76. The topological polar surface area (TPSA) is 67.4 Å². The maximum Gasteiger partial charge on any atom is 0.411 e. The summed E-state index contributed by atoms with van der Waals surface area (Å²) >= 11 is 0. The molecule has 0 spiro atoms. The Balaban J connectivity index is 1.84. The maximum atomic E-state index is 13.5. The minimum atomic E-state index is -4.44. The van der Waals surface area contributed by atoms with Crippen LogP contribution in [0.15, 0.2) is 36.4 Å². The van der Waals surface area contributed by atoms with Crippen molar-refractivity contribution in [2.45, 2.75) is 12.8 Å². The molecule has 0 aliphatic rings. The number of anilines is 1. The second kappa shape index (κ2) is 9.41. The number of amides is 2. The first kappa shape index (κ1) is 22.2. The van der Waals surface area contributed by atoms with Crippen LogP contribution in [0.3, 0.4) is 0 Å². The molecular formula is C18H14F6N2O3. The van der Waals surface area contributed by atoms with Crippen LogP contribution in [0.1, 0.15) is 15.9 Å². The first-order chi connectivity index (χ1) is 13.6. The van der Waals surface area contributed by atoms with Gasteiger partial charge in [-0.25, -0.2) is 13.2 Å². The van der Waals surface area contributed by atoms with E-state index in [9.17, 15) is 35.9 Å². The third-order valence-corrected chi connectivity index (χ3v) is 3.47. The lowest BCUT2D eigenvalue weighted by Crippen LogP contribution is -2.33. The van der Waals surface area contributed by atoms with Gasteiger partial charge in [-0.1, -0.05) is 12.1 Å². The molecule has 0 saturated heterocycles. The Bertz CT molecular complexity index is 884. The first-order valence-corrected chi connectivity index (χ1v) is 8.02. The zero-order valence-corrected chi connectivity index (χ0v) is 14.6. The third kappa shape index (κ3) is 6.79. The minimum absolute atomic E-state index is 0.108. The van der Waals surface area contributed by atoms with E-state index < -0.39 is 54.3 Å². The van der Waals surface area contributed by atoms with Crippen molar-refractivity contribution in [1.29, 1.82) is 0 Å². The number of carbonyl (C=O) groups excluding carboxylic acids is 2. The molecular weight excluding hydrogens is 406 g/mol. The number of hydrogen-bond acceptors (Lipinski definition) is 3. The predicted molar refractivity (Wildman–Crippen MR) is 89.4 cm³/mol. The lowest BCUT2D eigenvalue weighted by molar-refractivity contribution is -0.176. The Morgan fingerprint density at radius 2 is 1.59 bits per heavy atom. The quantitative estimate of drug-likeness (QED) is 0.532. The van der Waals surface area contributed by atoms with E-state index in [1.54, 1.807) is 0 Å². The number of carbonyl (C=O) groups is 2. The molecule has 0 atom stereocenters. The van der Waals surface area contributed by atoms with Crippen molar-refractivity contribution in [2.24, 2.45) is 0 Å². The zero-order valence-electron chi connectivity index (χ0n) is 14.6. The van der Waals surface area contributed by atoms with Crippen LogP contribution in [-0.2, 0) is 16.1 Å². The van der Waals surface area contributed by atoms with Crippen molar-refractivity contribution in [3.63, 3.8) is 0 Å². The van der Waals surface area contributed by atoms with Crippen LogP contribution in [0, 0.1) is 17.5 Å². The van der Waals surface area contributed by atoms with Crippen LogP contribution < -0.4 is 10.6 Å². The SMILES string of the molecule is O=C(CNC(=O)c1ccc(COCC(F)(F)F)cc1)Nc1ccc(F)c(F)c1F. The highest BCUT2D eigenvalue weighted by Gasteiger charge is 2.27. The molecule has 0 fully saturated rings. The summed E-state index contributed by atoms with van der Waals surface area (Å²) in [7, 11) is 0. The summed E-state index contributed by atoms with van der Waals surface area (Å²) in [5, 5.41) is 4.21. The molecule has 5 nitrogen and oxygen atoms in total. The van der Waals surface area contributed by atoms with Gasteiger partial charge in [0.05, 0.1) is 18.8 Å². The van der Waals surface area contributed by atoms with Gasteiger partial charge >= 0.3 is 6.18 Å². The Kier molecular flexibility index (Phi) is 7.21. The number of nitrogens with one attached hydrogen (secondary N) is 2. The van der Waals surface area contributed by atoms with Gasteiger partial charge in [0.2, 0.25) is 5.91 Å². The van der Waals surface area contributed by atoms with Crippen molar-refractivity contribution in [1.82, 2.24) is 5.32 Å². The number of alkyl halides is 3. The van der Waals surface area contributed by atoms with E-state index in [1.807, 2.05) is 5.32 Å². The molecule has 0 aliphatic carbocycles. The van der Waals surface area contributed by atoms with E-state index in [0.29, 0.717) is 11.6 Å². The summed E-state index contributed by atoms with van der Waals surface area (Å²) in [6.07, 6.45) is -4.44. The fraction of sp³-hybridized carbons (Fsp3) is 0.222. The van der Waals surface area contributed by atoms with E-state index in [-0.39, 0.29) is 12.2 Å². The maximum absolute atomic E-state index is 13.5. The average molecular weight is 420 g/mol. The second-order valence-corrected chi connectivity index (χ2v) is 5.76. The summed E-state index contributed by atoms with van der Waals surface area (Å²) in [5.41, 5.74) is -0.0832. The van der Waals surface area contributed by atoms with Gasteiger partial charge in [0.1, 0.15) is 6.61 Å². The lowest BCUT2D eigenvalue weighted by Gasteiger charge is -2.09. The van der Waals surface area contributed by atoms with E-state index in [0.717, 1.165) is 6.07 Å². The Hall–Kier alpha value is -3.08. The number of rotatable bonds is 7. The minimum Gasteiger partial charge on any atom is -0.367 e. The van der Waals surface area contributed by atoms with Crippen molar-refractivity contribution < 1.29 is 40.7 Å². The fourth-order valence-electron chi connectivity index (χ4n) is 2.12. The highest BCUT2D eigenvalue weighted by Crippen LogP contribution is 2.19. The van der Waals surface area contributed by atoms with Crippen molar-refractivity contribution in [3.8, 4) is 0 Å². The van der Waals surface area contributed by atoms with Gasteiger partial charge < -0.3 is 15.4 Å². The molecule has 2 aromatic rings. The third-order valence-electron chi connectivity index (χ3n) is 3.47. The Labute approximate surface area is 160 Å². The molecule has 156 valence electrons. The highest BCUT2D eigenvalue weighted by molar-refractivity contribution is 5.99.